The molecule has 2 aliphatic heterocycles. The van der Waals surface area contributed by atoms with Gasteiger partial charge in [-0.25, -0.2) is 9.97 Å². The zero-order valence-corrected chi connectivity index (χ0v) is 19.6. The van der Waals surface area contributed by atoms with Gasteiger partial charge in [0, 0.05) is 54.9 Å². The molecule has 170 valence electrons. The molecule has 0 aliphatic carbocycles. The summed E-state index contributed by atoms with van der Waals surface area (Å²) in [5.74, 6) is 1.51. The lowest BCUT2D eigenvalue weighted by molar-refractivity contribution is 0.0727. The van der Waals surface area contributed by atoms with Crippen LogP contribution in [0.1, 0.15) is 29.9 Å². The Balaban J connectivity index is 1.49. The number of rotatable bonds is 4. The van der Waals surface area contributed by atoms with Crippen molar-refractivity contribution in [1.82, 2.24) is 29.3 Å². The van der Waals surface area contributed by atoms with E-state index in [1.807, 2.05) is 41.6 Å². The lowest BCUT2D eigenvalue weighted by Crippen LogP contribution is -2.40. The van der Waals surface area contributed by atoms with Crippen molar-refractivity contribution in [2.24, 2.45) is 7.05 Å². The number of imidazole rings is 1. The number of pyridine rings is 1. The second kappa shape index (κ2) is 7.05. The second-order valence-corrected chi connectivity index (χ2v) is 9.18. The third-order valence-electron chi connectivity index (χ3n) is 7.23. The van der Waals surface area contributed by atoms with E-state index in [-0.39, 0.29) is 11.9 Å². The van der Waals surface area contributed by atoms with Crippen molar-refractivity contribution < 1.29 is 9.53 Å². The van der Waals surface area contributed by atoms with E-state index in [1.54, 1.807) is 7.11 Å². The van der Waals surface area contributed by atoms with Gasteiger partial charge in [-0.15, -0.1) is 0 Å². The molecule has 3 aromatic heterocycles. The van der Waals surface area contributed by atoms with Crippen molar-refractivity contribution in [3.8, 4) is 17.3 Å². The summed E-state index contributed by atoms with van der Waals surface area (Å²) in [6.45, 7) is 7.76. The number of amides is 1. The van der Waals surface area contributed by atoms with Crippen molar-refractivity contribution in [3.63, 3.8) is 0 Å². The Morgan fingerprint density at radius 3 is 2.76 bits per heavy atom. The fraction of sp³-hybridized carbons (Fsp3) is 0.400. The molecule has 2 saturated heterocycles. The third kappa shape index (κ3) is 2.90. The first-order valence-corrected chi connectivity index (χ1v) is 11.5. The summed E-state index contributed by atoms with van der Waals surface area (Å²) >= 11 is 0. The topological polar surface area (TPSA) is 87.1 Å². The van der Waals surface area contributed by atoms with Gasteiger partial charge >= 0.3 is 0 Å². The summed E-state index contributed by atoms with van der Waals surface area (Å²) < 4.78 is 9.97. The van der Waals surface area contributed by atoms with Crippen LogP contribution in [-0.4, -0.2) is 61.7 Å². The Kier molecular flexibility index (Phi) is 4.32. The molecule has 0 spiro atoms. The van der Waals surface area contributed by atoms with Crippen molar-refractivity contribution >= 4 is 28.0 Å². The smallest absolute Gasteiger partial charge is 0.254 e. The van der Waals surface area contributed by atoms with Crippen LogP contribution in [0.5, 0.6) is 5.75 Å². The molecule has 6 rings (SSSR count). The maximum Gasteiger partial charge on any atom is 0.254 e. The second-order valence-electron chi connectivity index (χ2n) is 9.18. The Hall–Kier alpha value is -3.39. The van der Waals surface area contributed by atoms with Gasteiger partial charge in [0.25, 0.3) is 5.91 Å². The van der Waals surface area contributed by atoms with Crippen LogP contribution in [0.3, 0.4) is 0 Å². The molecule has 0 bridgehead atoms. The van der Waals surface area contributed by atoms with E-state index in [2.05, 4.69) is 35.9 Å². The third-order valence-corrected chi connectivity index (χ3v) is 7.23. The van der Waals surface area contributed by atoms with Crippen molar-refractivity contribution in [2.75, 3.05) is 13.7 Å². The lowest BCUT2D eigenvalue weighted by atomic mass is 10.1. The van der Waals surface area contributed by atoms with Crippen molar-refractivity contribution in [1.29, 1.82) is 0 Å². The molecule has 2 aliphatic rings. The minimum atomic E-state index is 0.0336. The highest BCUT2D eigenvalue weighted by Crippen LogP contribution is 2.35. The van der Waals surface area contributed by atoms with Crippen LogP contribution in [0, 0.1) is 6.92 Å². The highest BCUT2D eigenvalue weighted by molar-refractivity contribution is 6.00. The minimum absolute atomic E-state index is 0.0336. The molecule has 1 amide bonds. The van der Waals surface area contributed by atoms with Gasteiger partial charge in [0.2, 0.25) is 0 Å². The molecule has 3 atom stereocenters. The zero-order chi connectivity index (χ0) is 23.0. The van der Waals surface area contributed by atoms with Gasteiger partial charge in [0.1, 0.15) is 16.9 Å². The summed E-state index contributed by atoms with van der Waals surface area (Å²) in [4.78, 5) is 25.0. The molecule has 8 nitrogen and oxygen atoms in total. The summed E-state index contributed by atoms with van der Waals surface area (Å²) in [7, 11) is 3.63. The number of carbonyl (C=O) groups excluding carboxylic acids is 1. The van der Waals surface area contributed by atoms with E-state index in [0.717, 1.165) is 52.4 Å². The number of nitrogens with zero attached hydrogens (tertiary/aromatic N) is 5. The summed E-state index contributed by atoms with van der Waals surface area (Å²) in [6.07, 6.45) is 0. The first kappa shape index (κ1) is 20.2. The molecule has 1 N–H and O–H groups in total. The van der Waals surface area contributed by atoms with Crippen LogP contribution in [0.25, 0.3) is 33.6 Å². The fourth-order valence-electron chi connectivity index (χ4n) is 5.39. The maximum atomic E-state index is 13.3. The van der Waals surface area contributed by atoms with Gasteiger partial charge in [-0.2, -0.15) is 0 Å². The van der Waals surface area contributed by atoms with Crippen LogP contribution < -0.4 is 10.1 Å². The van der Waals surface area contributed by atoms with Gasteiger partial charge in [-0.05, 0) is 51.1 Å². The SMILES string of the molecule is CCn1c(-c2nc3cc(C(=O)N4C[C@H]5NC5C4C)cc(OC)c3n2C)cc2ccc(C)nc21. The molecule has 2 unspecified atom stereocenters. The number of methoxy groups -OCH3 is 1. The van der Waals surface area contributed by atoms with Gasteiger partial charge in [-0.1, -0.05) is 0 Å². The Morgan fingerprint density at radius 1 is 1.24 bits per heavy atom. The average Bonchev–Trinajstić information content (AvgIpc) is 3.24. The Labute approximate surface area is 192 Å². The predicted molar refractivity (Wildman–Crippen MR) is 128 cm³/mol. The zero-order valence-electron chi connectivity index (χ0n) is 19.6. The number of piperazine rings is 1. The Morgan fingerprint density at radius 2 is 2.06 bits per heavy atom. The van der Waals surface area contributed by atoms with E-state index in [9.17, 15) is 4.79 Å². The molecule has 4 aromatic rings. The molecular formula is C25H28N6O2. The van der Waals surface area contributed by atoms with Crippen LogP contribution in [0.2, 0.25) is 0 Å². The van der Waals surface area contributed by atoms with Gasteiger partial charge < -0.3 is 24.1 Å². The van der Waals surface area contributed by atoms with Crippen molar-refractivity contribution in [2.45, 2.75) is 45.4 Å². The number of carbonyl (C=O) groups is 1. The van der Waals surface area contributed by atoms with Crippen molar-refractivity contribution in [3.05, 3.63) is 41.6 Å². The molecule has 0 radical (unpaired) electrons. The van der Waals surface area contributed by atoms with E-state index in [0.29, 0.717) is 23.4 Å². The summed E-state index contributed by atoms with van der Waals surface area (Å²) in [5, 5.41) is 4.50. The minimum Gasteiger partial charge on any atom is -0.494 e. The normalized spacial score (nSPS) is 21.7. The number of likely N-dealkylation sites (tertiary alicyclic amines) is 1. The highest BCUT2D eigenvalue weighted by Gasteiger charge is 2.51. The van der Waals surface area contributed by atoms with Crippen LogP contribution in [-0.2, 0) is 13.6 Å². The number of aromatic nitrogens is 4. The average molecular weight is 445 g/mol. The fourth-order valence-corrected chi connectivity index (χ4v) is 5.39. The largest absolute Gasteiger partial charge is 0.494 e. The van der Waals surface area contributed by atoms with E-state index in [1.165, 1.54) is 0 Å². The lowest BCUT2D eigenvalue weighted by Gasteiger charge is -2.24. The van der Waals surface area contributed by atoms with Crippen LogP contribution in [0.4, 0.5) is 0 Å². The first-order valence-electron chi connectivity index (χ1n) is 11.5. The maximum absolute atomic E-state index is 13.3. The number of aryl methyl sites for hydroxylation is 3. The highest BCUT2D eigenvalue weighted by atomic mass is 16.5. The molecule has 33 heavy (non-hydrogen) atoms. The number of hydrogen-bond acceptors (Lipinski definition) is 5. The van der Waals surface area contributed by atoms with Gasteiger partial charge in [-0.3, -0.25) is 4.79 Å². The number of benzene rings is 1. The Bertz CT molecular complexity index is 1430. The predicted octanol–water partition coefficient (Wildman–Crippen LogP) is 3.11. The number of ether oxygens (including phenoxy) is 1. The molecule has 5 heterocycles. The summed E-state index contributed by atoms with van der Waals surface area (Å²) in [6, 6.07) is 11.1. The van der Waals surface area contributed by atoms with E-state index < -0.39 is 0 Å². The number of hydrogen-bond donors (Lipinski definition) is 1. The molecule has 2 fully saturated rings. The number of fused-ring (bicyclic) bond motifs is 3. The number of nitrogens with one attached hydrogen (secondary N) is 1. The molecule has 8 heteroatoms. The monoisotopic (exact) mass is 444 g/mol. The van der Waals surface area contributed by atoms with E-state index >= 15 is 0 Å². The quantitative estimate of drug-likeness (QED) is 0.489. The van der Waals surface area contributed by atoms with Gasteiger partial charge in [0.05, 0.1) is 18.3 Å². The first-order chi connectivity index (χ1) is 15.9. The van der Waals surface area contributed by atoms with Crippen LogP contribution >= 0.6 is 0 Å². The molecular weight excluding hydrogens is 416 g/mol. The standard InChI is InChI=1S/C25H28N6O2/c1-6-30-19(10-15-8-7-13(2)26-23(15)30)24-28-17-9-16(11-20(33-5)22(17)29(24)4)25(32)31-12-18-21(27-18)14(31)3/h7-11,14,18,21,27H,6,12H2,1-5H3/t14?,18-,21?/m1/s1. The molecule has 1 aromatic carbocycles. The molecule has 0 saturated carbocycles. The van der Waals surface area contributed by atoms with Gasteiger partial charge in [0.15, 0.2) is 5.82 Å². The summed E-state index contributed by atoms with van der Waals surface area (Å²) in [5.41, 5.74) is 5.18. The van der Waals surface area contributed by atoms with Crippen LogP contribution in [0.15, 0.2) is 30.3 Å². The van der Waals surface area contributed by atoms with E-state index in [4.69, 9.17) is 14.7 Å².